The zero-order valence-corrected chi connectivity index (χ0v) is 9.81. The molecule has 88 valence electrons. The first-order chi connectivity index (χ1) is 8.29. The van der Waals surface area contributed by atoms with Gasteiger partial charge in [0.2, 0.25) is 0 Å². The number of carbonyl (C=O) groups excluding carboxylic acids is 1. The number of hydrogen-bond acceptors (Lipinski definition) is 3. The molecular weight excluding hydrogens is 214 g/mol. The summed E-state index contributed by atoms with van der Waals surface area (Å²) in [6.45, 7) is 3.05. The van der Waals surface area contributed by atoms with Gasteiger partial charge in [-0.25, -0.2) is 4.98 Å². The first kappa shape index (κ1) is 10.5. The molecule has 2 aromatic heterocycles. The maximum absolute atomic E-state index is 11.1. The summed E-state index contributed by atoms with van der Waals surface area (Å²) in [7, 11) is 0. The molecule has 2 aromatic rings. The summed E-state index contributed by atoms with van der Waals surface area (Å²) >= 11 is 0. The number of aldehydes is 1. The maximum atomic E-state index is 11.1. The number of fused-ring (bicyclic) bond motifs is 1. The smallest absolute Gasteiger partial charge is 0.170 e. The lowest BCUT2D eigenvalue weighted by molar-refractivity contribution is 0.112. The highest BCUT2D eigenvalue weighted by Crippen LogP contribution is 2.24. The van der Waals surface area contributed by atoms with Crippen molar-refractivity contribution >= 4 is 11.8 Å². The molecule has 4 nitrogen and oxygen atoms in total. The highest BCUT2D eigenvalue weighted by atomic mass is 16.1. The molecule has 1 unspecified atom stereocenters. The second-order valence-corrected chi connectivity index (χ2v) is 4.58. The normalized spacial score (nSPS) is 19.9. The molecule has 3 rings (SSSR count). The van der Waals surface area contributed by atoms with Crippen molar-refractivity contribution in [3.05, 3.63) is 35.4 Å². The van der Waals surface area contributed by atoms with E-state index in [4.69, 9.17) is 0 Å². The van der Waals surface area contributed by atoms with E-state index in [2.05, 4.69) is 10.3 Å². The molecule has 0 saturated carbocycles. The highest BCUT2D eigenvalue weighted by molar-refractivity contribution is 5.84. The summed E-state index contributed by atoms with van der Waals surface area (Å²) in [4.78, 5) is 15.5. The van der Waals surface area contributed by atoms with Crippen molar-refractivity contribution in [1.29, 1.82) is 0 Å². The van der Waals surface area contributed by atoms with Crippen LogP contribution in [-0.4, -0.2) is 22.2 Å². The SMILES string of the molecule is Cc1ccn2c(C3CCCN3)nc(C=O)c2c1. The van der Waals surface area contributed by atoms with E-state index >= 15 is 0 Å². The van der Waals surface area contributed by atoms with E-state index in [1.165, 1.54) is 6.42 Å². The molecule has 0 bridgehead atoms. The van der Waals surface area contributed by atoms with Crippen LogP contribution in [-0.2, 0) is 0 Å². The van der Waals surface area contributed by atoms with E-state index in [1.54, 1.807) is 0 Å². The number of rotatable bonds is 2. The molecule has 1 N–H and O–H groups in total. The van der Waals surface area contributed by atoms with Crippen molar-refractivity contribution in [2.75, 3.05) is 6.54 Å². The molecule has 1 aliphatic heterocycles. The van der Waals surface area contributed by atoms with Gasteiger partial charge in [0.1, 0.15) is 11.5 Å². The van der Waals surface area contributed by atoms with Crippen LogP contribution in [0.5, 0.6) is 0 Å². The molecule has 1 atom stereocenters. The first-order valence-corrected chi connectivity index (χ1v) is 5.97. The third kappa shape index (κ3) is 1.65. The van der Waals surface area contributed by atoms with Crippen molar-refractivity contribution in [1.82, 2.24) is 14.7 Å². The lowest BCUT2D eigenvalue weighted by atomic mass is 10.2. The average molecular weight is 229 g/mol. The van der Waals surface area contributed by atoms with Crippen molar-refractivity contribution in [3.63, 3.8) is 0 Å². The number of carbonyl (C=O) groups is 1. The van der Waals surface area contributed by atoms with Crippen LogP contribution in [0.15, 0.2) is 18.3 Å². The highest BCUT2D eigenvalue weighted by Gasteiger charge is 2.22. The minimum absolute atomic E-state index is 0.277. The second-order valence-electron chi connectivity index (χ2n) is 4.58. The van der Waals surface area contributed by atoms with Crippen LogP contribution in [0.3, 0.4) is 0 Å². The number of nitrogens with zero attached hydrogens (tertiary/aromatic N) is 2. The Labute approximate surface area is 99.7 Å². The Hall–Kier alpha value is -1.68. The van der Waals surface area contributed by atoms with E-state index in [0.717, 1.165) is 36.2 Å². The van der Waals surface area contributed by atoms with Gasteiger partial charge in [-0.15, -0.1) is 0 Å². The summed E-state index contributed by atoms with van der Waals surface area (Å²) in [6.07, 6.45) is 5.10. The number of aromatic nitrogens is 2. The molecule has 4 heteroatoms. The molecule has 0 spiro atoms. The molecule has 1 saturated heterocycles. The number of aryl methyl sites for hydroxylation is 1. The number of pyridine rings is 1. The predicted molar refractivity (Wildman–Crippen MR) is 65.3 cm³/mol. The van der Waals surface area contributed by atoms with Gasteiger partial charge in [0.15, 0.2) is 6.29 Å². The van der Waals surface area contributed by atoms with Crippen LogP contribution in [0, 0.1) is 6.92 Å². The average Bonchev–Trinajstić information content (AvgIpc) is 2.94. The molecule has 17 heavy (non-hydrogen) atoms. The minimum atomic E-state index is 0.277. The predicted octanol–water partition coefficient (Wildman–Crippen LogP) is 1.88. The summed E-state index contributed by atoms with van der Waals surface area (Å²) in [6, 6.07) is 4.33. The molecule has 0 amide bonds. The standard InChI is InChI=1S/C13H15N3O/c1-9-4-6-16-12(7-9)11(8-17)15-13(16)10-3-2-5-14-10/h4,6-8,10,14H,2-3,5H2,1H3. The zero-order valence-electron chi connectivity index (χ0n) is 9.81. The van der Waals surface area contributed by atoms with Crippen LogP contribution in [0.1, 0.15) is 40.8 Å². The van der Waals surface area contributed by atoms with E-state index in [9.17, 15) is 4.79 Å². The largest absolute Gasteiger partial charge is 0.307 e. The molecule has 0 aliphatic carbocycles. The van der Waals surface area contributed by atoms with E-state index < -0.39 is 0 Å². The van der Waals surface area contributed by atoms with Gasteiger partial charge in [0, 0.05) is 6.20 Å². The Kier molecular flexibility index (Phi) is 2.44. The van der Waals surface area contributed by atoms with Crippen LogP contribution < -0.4 is 5.32 Å². The van der Waals surface area contributed by atoms with Gasteiger partial charge in [-0.3, -0.25) is 4.79 Å². The Morgan fingerprint density at radius 3 is 3.18 bits per heavy atom. The topological polar surface area (TPSA) is 46.4 Å². The number of hydrogen-bond donors (Lipinski definition) is 1. The van der Waals surface area contributed by atoms with Gasteiger partial charge in [0.25, 0.3) is 0 Å². The van der Waals surface area contributed by atoms with Crippen LogP contribution in [0.4, 0.5) is 0 Å². The molecular formula is C13H15N3O. The van der Waals surface area contributed by atoms with Crippen molar-refractivity contribution in [2.45, 2.75) is 25.8 Å². The van der Waals surface area contributed by atoms with E-state index in [1.807, 2.05) is 29.7 Å². The molecule has 3 heterocycles. The maximum Gasteiger partial charge on any atom is 0.170 e. The van der Waals surface area contributed by atoms with Crippen molar-refractivity contribution in [2.24, 2.45) is 0 Å². The van der Waals surface area contributed by atoms with Crippen LogP contribution in [0.25, 0.3) is 5.52 Å². The number of imidazole rings is 1. The van der Waals surface area contributed by atoms with Crippen LogP contribution >= 0.6 is 0 Å². The van der Waals surface area contributed by atoms with Crippen LogP contribution in [0.2, 0.25) is 0 Å². The fourth-order valence-corrected chi connectivity index (χ4v) is 2.47. The first-order valence-electron chi connectivity index (χ1n) is 5.97. The Morgan fingerprint density at radius 2 is 2.47 bits per heavy atom. The lowest BCUT2D eigenvalue weighted by Gasteiger charge is -2.08. The summed E-state index contributed by atoms with van der Waals surface area (Å²) < 4.78 is 2.03. The molecule has 0 aromatic carbocycles. The summed E-state index contributed by atoms with van der Waals surface area (Å²) in [5.74, 6) is 0.958. The molecule has 1 fully saturated rings. The minimum Gasteiger partial charge on any atom is -0.307 e. The zero-order chi connectivity index (χ0) is 11.8. The second kappa shape index (κ2) is 3.96. The van der Waals surface area contributed by atoms with Crippen molar-refractivity contribution in [3.8, 4) is 0 Å². The Bertz CT molecular complexity index is 567. The van der Waals surface area contributed by atoms with E-state index in [-0.39, 0.29) is 6.04 Å². The molecule has 1 aliphatic rings. The van der Waals surface area contributed by atoms with Gasteiger partial charge in [-0.05, 0) is 44.0 Å². The van der Waals surface area contributed by atoms with Gasteiger partial charge in [-0.2, -0.15) is 0 Å². The summed E-state index contributed by atoms with van der Waals surface area (Å²) in [5.41, 5.74) is 2.59. The molecule has 0 radical (unpaired) electrons. The number of nitrogens with one attached hydrogen (secondary N) is 1. The fraction of sp³-hybridized carbons (Fsp3) is 0.385. The fourth-order valence-electron chi connectivity index (χ4n) is 2.47. The van der Waals surface area contributed by atoms with Gasteiger partial charge in [0.05, 0.1) is 11.6 Å². The van der Waals surface area contributed by atoms with Gasteiger partial charge in [-0.1, -0.05) is 0 Å². The quantitative estimate of drug-likeness (QED) is 0.800. The third-order valence-corrected chi connectivity index (χ3v) is 3.34. The lowest BCUT2D eigenvalue weighted by Crippen LogP contribution is -2.15. The monoisotopic (exact) mass is 229 g/mol. The summed E-state index contributed by atoms with van der Waals surface area (Å²) in [5, 5.41) is 3.42. The Morgan fingerprint density at radius 1 is 1.59 bits per heavy atom. The van der Waals surface area contributed by atoms with Crippen molar-refractivity contribution < 1.29 is 4.79 Å². The Balaban J connectivity index is 2.21. The third-order valence-electron chi connectivity index (χ3n) is 3.34. The van der Waals surface area contributed by atoms with Gasteiger partial charge < -0.3 is 9.72 Å². The van der Waals surface area contributed by atoms with E-state index in [0.29, 0.717) is 5.69 Å². The van der Waals surface area contributed by atoms with Gasteiger partial charge >= 0.3 is 0 Å².